The van der Waals surface area contributed by atoms with Crippen molar-refractivity contribution in [3.05, 3.63) is 78.0 Å². The van der Waals surface area contributed by atoms with Crippen LogP contribution in [0.3, 0.4) is 0 Å². The first kappa shape index (κ1) is 19.2. The van der Waals surface area contributed by atoms with Gasteiger partial charge >= 0.3 is 6.03 Å². The molecule has 0 unspecified atom stereocenters. The SMILES string of the molecule is C[C@H](NC(N)=O)C(=O)NCc1cn(Cc2ccccc2)nc1-c1ccccc1. The van der Waals surface area contributed by atoms with Gasteiger partial charge in [0.05, 0.1) is 12.2 Å². The fraction of sp³-hybridized carbons (Fsp3) is 0.190. The summed E-state index contributed by atoms with van der Waals surface area (Å²) in [7, 11) is 0. The average molecular weight is 377 g/mol. The quantitative estimate of drug-likeness (QED) is 0.588. The van der Waals surface area contributed by atoms with Gasteiger partial charge in [-0.1, -0.05) is 60.7 Å². The molecule has 3 amide bonds. The zero-order valence-corrected chi connectivity index (χ0v) is 15.6. The van der Waals surface area contributed by atoms with E-state index in [9.17, 15) is 9.59 Å². The number of nitrogens with two attached hydrogens (primary N) is 1. The van der Waals surface area contributed by atoms with Gasteiger partial charge in [0.2, 0.25) is 5.91 Å². The van der Waals surface area contributed by atoms with E-state index in [2.05, 4.69) is 10.6 Å². The van der Waals surface area contributed by atoms with Crippen LogP contribution in [0.2, 0.25) is 0 Å². The number of hydrogen-bond acceptors (Lipinski definition) is 3. The van der Waals surface area contributed by atoms with Crippen LogP contribution in [0.1, 0.15) is 18.1 Å². The monoisotopic (exact) mass is 377 g/mol. The maximum atomic E-state index is 12.2. The largest absolute Gasteiger partial charge is 0.352 e. The van der Waals surface area contributed by atoms with Gasteiger partial charge in [0.15, 0.2) is 0 Å². The summed E-state index contributed by atoms with van der Waals surface area (Å²) >= 11 is 0. The second-order valence-corrected chi connectivity index (χ2v) is 6.50. The molecule has 0 spiro atoms. The van der Waals surface area contributed by atoms with Crippen molar-refractivity contribution < 1.29 is 9.59 Å². The van der Waals surface area contributed by atoms with Gasteiger partial charge in [-0.2, -0.15) is 5.10 Å². The van der Waals surface area contributed by atoms with Crippen LogP contribution in [-0.4, -0.2) is 27.8 Å². The van der Waals surface area contributed by atoms with Gasteiger partial charge in [0, 0.05) is 23.9 Å². The standard InChI is InChI=1S/C21H23N5O2/c1-15(24-21(22)28)20(27)23-12-18-14-26(13-16-8-4-2-5-9-16)25-19(18)17-10-6-3-7-11-17/h2-11,14-15H,12-13H2,1H3,(H,23,27)(H3,22,24,28)/t15-/m0/s1. The fourth-order valence-electron chi connectivity index (χ4n) is 2.90. The van der Waals surface area contributed by atoms with Crippen LogP contribution in [-0.2, 0) is 17.9 Å². The molecule has 1 heterocycles. The van der Waals surface area contributed by atoms with Crippen LogP contribution < -0.4 is 16.4 Å². The van der Waals surface area contributed by atoms with Gasteiger partial charge in [-0.15, -0.1) is 0 Å². The van der Waals surface area contributed by atoms with Crippen molar-refractivity contribution in [2.45, 2.75) is 26.1 Å². The van der Waals surface area contributed by atoms with E-state index in [4.69, 9.17) is 10.8 Å². The molecule has 0 saturated carbocycles. The number of nitrogens with zero attached hydrogens (tertiary/aromatic N) is 2. The van der Waals surface area contributed by atoms with Crippen LogP contribution in [0.4, 0.5) is 4.79 Å². The first-order chi connectivity index (χ1) is 13.5. The minimum atomic E-state index is -0.733. The number of benzene rings is 2. The summed E-state index contributed by atoms with van der Waals surface area (Å²) in [5.41, 5.74) is 8.89. The molecule has 4 N–H and O–H groups in total. The number of urea groups is 1. The van der Waals surface area contributed by atoms with E-state index in [1.54, 1.807) is 6.92 Å². The number of primary amides is 1. The number of carbonyl (C=O) groups excluding carboxylic acids is 2. The molecule has 3 rings (SSSR count). The zero-order chi connectivity index (χ0) is 19.9. The van der Waals surface area contributed by atoms with Gasteiger partial charge in [0.25, 0.3) is 0 Å². The van der Waals surface area contributed by atoms with E-state index >= 15 is 0 Å². The molecule has 0 bridgehead atoms. The van der Waals surface area contributed by atoms with Crippen molar-refractivity contribution in [2.75, 3.05) is 0 Å². The van der Waals surface area contributed by atoms with E-state index in [0.29, 0.717) is 13.1 Å². The summed E-state index contributed by atoms with van der Waals surface area (Å²) in [6.45, 7) is 2.51. The minimum absolute atomic E-state index is 0.294. The fourth-order valence-corrected chi connectivity index (χ4v) is 2.90. The van der Waals surface area contributed by atoms with Crippen LogP contribution in [0.5, 0.6) is 0 Å². The van der Waals surface area contributed by atoms with Crippen molar-refractivity contribution in [3.8, 4) is 11.3 Å². The topological polar surface area (TPSA) is 102 Å². The minimum Gasteiger partial charge on any atom is -0.352 e. The average Bonchev–Trinajstić information content (AvgIpc) is 3.09. The lowest BCUT2D eigenvalue weighted by Gasteiger charge is -2.12. The number of carbonyl (C=O) groups is 2. The lowest BCUT2D eigenvalue weighted by molar-refractivity contribution is -0.122. The van der Waals surface area contributed by atoms with Gasteiger partial charge < -0.3 is 16.4 Å². The molecule has 2 aromatic carbocycles. The molecule has 144 valence electrons. The van der Waals surface area contributed by atoms with Crippen molar-refractivity contribution in [3.63, 3.8) is 0 Å². The summed E-state index contributed by atoms with van der Waals surface area (Å²) in [6, 6.07) is 18.4. The van der Waals surface area contributed by atoms with E-state index in [-0.39, 0.29) is 5.91 Å². The van der Waals surface area contributed by atoms with Gasteiger partial charge in [-0.25, -0.2) is 4.79 Å². The summed E-state index contributed by atoms with van der Waals surface area (Å²) in [4.78, 5) is 23.1. The normalized spacial score (nSPS) is 11.6. The predicted molar refractivity (Wildman–Crippen MR) is 107 cm³/mol. The van der Waals surface area contributed by atoms with Crippen LogP contribution in [0.25, 0.3) is 11.3 Å². The summed E-state index contributed by atoms with van der Waals surface area (Å²) < 4.78 is 1.87. The molecule has 0 fully saturated rings. The molecular weight excluding hydrogens is 354 g/mol. The van der Waals surface area contributed by atoms with Crippen LogP contribution >= 0.6 is 0 Å². The van der Waals surface area contributed by atoms with Crippen molar-refractivity contribution >= 4 is 11.9 Å². The Labute approximate surface area is 163 Å². The zero-order valence-electron chi connectivity index (χ0n) is 15.6. The number of hydrogen-bond donors (Lipinski definition) is 3. The van der Waals surface area contributed by atoms with Crippen molar-refractivity contribution in [2.24, 2.45) is 5.73 Å². The maximum absolute atomic E-state index is 12.2. The highest BCUT2D eigenvalue weighted by Gasteiger charge is 2.16. The first-order valence-electron chi connectivity index (χ1n) is 9.02. The molecule has 0 saturated heterocycles. The summed E-state index contributed by atoms with van der Waals surface area (Å²) in [5, 5.41) is 9.92. The highest BCUT2D eigenvalue weighted by atomic mass is 16.2. The number of rotatable bonds is 7. The predicted octanol–water partition coefficient (Wildman–Crippen LogP) is 2.27. The molecule has 0 aliphatic heterocycles. The van der Waals surface area contributed by atoms with E-state index in [0.717, 1.165) is 22.4 Å². The van der Waals surface area contributed by atoms with Crippen molar-refractivity contribution in [1.82, 2.24) is 20.4 Å². The van der Waals surface area contributed by atoms with E-state index in [1.165, 1.54) is 0 Å². The first-order valence-corrected chi connectivity index (χ1v) is 9.02. The molecule has 0 radical (unpaired) electrons. The Morgan fingerprint density at radius 2 is 1.71 bits per heavy atom. The lowest BCUT2D eigenvalue weighted by atomic mass is 10.1. The molecule has 0 aliphatic carbocycles. The Balaban J connectivity index is 1.80. The second kappa shape index (κ2) is 8.85. The molecular formula is C21H23N5O2. The third-order valence-electron chi connectivity index (χ3n) is 4.28. The molecule has 7 nitrogen and oxygen atoms in total. The van der Waals surface area contributed by atoms with E-state index < -0.39 is 12.1 Å². The smallest absolute Gasteiger partial charge is 0.312 e. The number of aromatic nitrogens is 2. The molecule has 0 aliphatic rings. The van der Waals surface area contributed by atoms with Crippen LogP contribution in [0.15, 0.2) is 66.9 Å². The molecule has 1 atom stereocenters. The van der Waals surface area contributed by atoms with E-state index in [1.807, 2.05) is 71.5 Å². The molecule has 1 aromatic heterocycles. The maximum Gasteiger partial charge on any atom is 0.312 e. The summed E-state index contributed by atoms with van der Waals surface area (Å²) in [6.07, 6.45) is 1.93. The molecule has 3 aromatic rings. The summed E-state index contributed by atoms with van der Waals surface area (Å²) in [5.74, 6) is -0.311. The van der Waals surface area contributed by atoms with Gasteiger partial charge in [-0.3, -0.25) is 9.48 Å². The Kier molecular flexibility index (Phi) is 6.06. The third kappa shape index (κ3) is 4.97. The lowest BCUT2D eigenvalue weighted by Crippen LogP contribution is -2.46. The Morgan fingerprint density at radius 3 is 2.36 bits per heavy atom. The van der Waals surface area contributed by atoms with Crippen molar-refractivity contribution in [1.29, 1.82) is 0 Å². The highest BCUT2D eigenvalue weighted by Crippen LogP contribution is 2.22. The van der Waals surface area contributed by atoms with Gasteiger partial charge in [0.1, 0.15) is 6.04 Å². The highest BCUT2D eigenvalue weighted by molar-refractivity contribution is 5.86. The van der Waals surface area contributed by atoms with Gasteiger partial charge in [-0.05, 0) is 12.5 Å². The molecule has 7 heteroatoms. The second-order valence-electron chi connectivity index (χ2n) is 6.50. The van der Waals surface area contributed by atoms with Crippen LogP contribution in [0, 0.1) is 0 Å². The Morgan fingerprint density at radius 1 is 1.07 bits per heavy atom. The number of amides is 3. The Hall–Kier alpha value is -3.61. The third-order valence-corrected chi connectivity index (χ3v) is 4.28. The number of nitrogens with one attached hydrogen (secondary N) is 2. The molecule has 28 heavy (non-hydrogen) atoms. The Bertz CT molecular complexity index is 938.